The third-order valence-corrected chi connectivity index (χ3v) is 5.00. The lowest BCUT2D eigenvalue weighted by molar-refractivity contribution is -0.179. The molecule has 24 heavy (non-hydrogen) atoms. The van der Waals surface area contributed by atoms with Crippen LogP contribution in [0, 0.1) is 5.92 Å². The molecule has 0 aliphatic carbocycles. The van der Waals surface area contributed by atoms with Gasteiger partial charge in [-0.25, -0.2) is 8.93 Å². The summed E-state index contributed by atoms with van der Waals surface area (Å²) in [7, 11) is -1.94. The highest BCUT2D eigenvalue weighted by molar-refractivity contribution is 7.84. The molecule has 0 saturated heterocycles. The number of nitrogens with one attached hydrogen (secondary N) is 1. The first-order valence-corrected chi connectivity index (χ1v) is 9.51. The summed E-state index contributed by atoms with van der Waals surface area (Å²) in [4.78, 5) is 12.2. The molecule has 0 bridgehead atoms. The maximum Gasteiger partial charge on any atom is 0.405 e. The molecule has 0 fully saturated rings. The van der Waals surface area contributed by atoms with Gasteiger partial charge in [0.05, 0.1) is 28.3 Å². The molecule has 1 N–H and O–H groups in total. The average molecular weight is 373 g/mol. The standard InChI is InChI=1S/C16H30F3NO3S/c1-6-8-9-10-12(14(21)23-11-7-2)13(16(17,18)19)20-24(22)15(3,4)5/h12-13,20H,6-11H2,1-5H3/t12-,13-,24-/m0/s1. The van der Waals surface area contributed by atoms with Gasteiger partial charge in [0, 0.05) is 0 Å². The zero-order valence-corrected chi connectivity index (χ0v) is 16.0. The fourth-order valence-corrected chi connectivity index (χ4v) is 2.90. The Morgan fingerprint density at radius 3 is 2.12 bits per heavy atom. The highest BCUT2D eigenvalue weighted by Gasteiger charge is 2.49. The first-order valence-electron chi connectivity index (χ1n) is 8.36. The predicted octanol–water partition coefficient (Wildman–Crippen LogP) is 4.12. The summed E-state index contributed by atoms with van der Waals surface area (Å²) in [5.41, 5.74) is 0. The quantitative estimate of drug-likeness (QED) is 0.463. The van der Waals surface area contributed by atoms with Crippen LogP contribution in [0.4, 0.5) is 13.2 Å². The van der Waals surface area contributed by atoms with Gasteiger partial charge in [0.25, 0.3) is 0 Å². The largest absolute Gasteiger partial charge is 0.465 e. The fourth-order valence-electron chi connectivity index (χ4n) is 2.01. The molecule has 8 heteroatoms. The van der Waals surface area contributed by atoms with Gasteiger partial charge in [-0.2, -0.15) is 13.2 Å². The topological polar surface area (TPSA) is 55.4 Å². The lowest BCUT2D eigenvalue weighted by Crippen LogP contribution is -2.53. The van der Waals surface area contributed by atoms with Crippen molar-refractivity contribution >= 4 is 17.0 Å². The number of ether oxygens (including phenoxy) is 1. The summed E-state index contributed by atoms with van der Waals surface area (Å²) < 4.78 is 58.9. The molecular formula is C16H30F3NO3S. The second kappa shape index (κ2) is 10.4. The van der Waals surface area contributed by atoms with E-state index in [1.807, 2.05) is 6.92 Å². The van der Waals surface area contributed by atoms with Gasteiger partial charge in [-0.15, -0.1) is 0 Å². The summed E-state index contributed by atoms with van der Waals surface area (Å²) in [6.07, 6.45) is -2.07. The average Bonchev–Trinajstić information content (AvgIpc) is 2.45. The maximum absolute atomic E-state index is 13.5. The van der Waals surface area contributed by atoms with Crippen molar-refractivity contribution in [3.8, 4) is 0 Å². The molecule has 0 amide bonds. The third-order valence-electron chi connectivity index (χ3n) is 3.42. The van der Waals surface area contributed by atoms with Crippen LogP contribution in [-0.2, 0) is 20.5 Å². The molecule has 4 nitrogen and oxygen atoms in total. The summed E-state index contributed by atoms with van der Waals surface area (Å²) in [5.74, 6) is -2.27. The Bertz CT molecular complexity index is 408. The SMILES string of the molecule is CCCCC[C@H](C(=O)OCCC)[C@H](N[S@@](=O)C(C)(C)C)C(F)(F)F. The van der Waals surface area contributed by atoms with Crippen LogP contribution >= 0.6 is 0 Å². The summed E-state index contributed by atoms with van der Waals surface area (Å²) in [6.45, 7) is 8.50. The second-order valence-corrected chi connectivity index (χ2v) is 8.79. The molecule has 0 rings (SSSR count). The molecule has 0 aromatic heterocycles. The number of carbonyl (C=O) groups excluding carboxylic acids is 1. The second-order valence-electron chi connectivity index (χ2n) is 6.79. The minimum Gasteiger partial charge on any atom is -0.465 e. The normalized spacial score (nSPS) is 16.5. The Labute approximate surface area is 145 Å². The molecule has 0 radical (unpaired) electrons. The van der Waals surface area contributed by atoms with Crippen molar-refractivity contribution in [2.24, 2.45) is 5.92 Å². The van der Waals surface area contributed by atoms with Crippen molar-refractivity contribution in [1.82, 2.24) is 4.72 Å². The number of halogens is 3. The summed E-state index contributed by atoms with van der Waals surface area (Å²) in [5, 5.41) is 0. The number of unbranched alkanes of at least 4 members (excludes halogenated alkanes) is 2. The molecule has 0 heterocycles. The monoisotopic (exact) mass is 373 g/mol. The van der Waals surface area contributed by atoms with Crippen molar-refractivity contribution in [2.45, 2.75) is 83.7 Å². The Morgan fingerprint density at radius 1 is 1.12 bits per heavy atom. The van der Waals surface area contributed by atoms with E-state index in [1.54, 1.807) is 27.7 Å². The number of hydrogen-bond donors (Lipinski definition) is 1. The van der Waals surface area contributed by atoms with E-state index in [-0.39, 0.29) is 13.0 Å². The number of rotatable bonds is 10. The Morgan fingerprint density at radius 2 is 1.71 bits per heavy atom. The van der Waals surface area contributed by atoms with Crippen molar-refractivity contribution < 1.29 is 26.9 Å². The van der Waals surface area contributed by atoms with Crippen LogP contribution in [0.1, 0.15) is 66.7 Å². The van der Waals surface area contributed by atoms with Crippen molar-refractivity contribution in [1.29, 1.82) is 0 Å². The van der Waals surface area contributed by atoms with Gasteiger partial charge in [-0.1, -0.05) is 33.1 Å². The summed E-state index contributed by atoms with van der Waals surface area (Å²) in [6, 6.07) is -2.18. The van der Waals surface area contributed by atoms with Gasteiger partial charge in [0.2, 0.25) is 0 Å². The van der Waals surface area contributed by atoms with Gasteiger partial charge < -0.3 is 4.74 Å². The Kier molecular flexibility index (Phi) is 10.1. The van der Waals surface area contributed by atoms with Crippen LogP contribution in [0.5, 0.6) is 0 Å². The Hall–Kier alpha value is -0.630. The predicted molar refractivity (Wildman–Crippen MR) is 89.8 cm³/mol. The van der Waals surface area contributed by atoms with Gasteiger partial charge in [0.1, 0.15) is 6.04 Å². The molecule has 0 spiro atoms. The molecule has 0 unspecified atom stereocenters. The fraction of sp³-hybridized carbons (Fsp3) is 0.938. The molecule has 0 aliphatic rings. The van der Waals surface area contributed by atoms with Gasteiger partial charge in [-0.3, -0.25) is 4.79 Å². The lowest BCUT2D eigenvalue weighted by atomic mass is 9.93. The highest BCUT2D eigenvalue weighted by atomic mass is 32.2. The molecule has 0 saturated carbocycles. The molecule has 0 aliphatic heterocycles. The van der Waals surface area contributed by atoms with E-state index in [4.69, 9.17) is 4.74 Å². The number of esters is 1. The van der Waals surface area contributed by atoms with Crippen molar-refractivity contribution in [3.05, 3.63) is 0 Å². The summed E-state index contributed by atoms with van der Waals surface area (Å²) >= 11 is 0. The van der Waals surface area contributed by atoms with Crippen LogP contribution in [0.2, 0.25) is 0 Å². The van der Waals surface area contributed by atoms with Crippen LogP contribution < -0.4 is 4.72 Å². The van der Waals surface area contributed by atoms with E-state index >= 15 is 0 Å². The minimum atomic E-state index is -4.69. The van der Waals surface area contributed by atoms with E-state index in [9.17, 15) is 22.2 Å². The zero-order chi connectivity index (χ0) is 19.0. The number of carbonyl (C=O) groups is 1. The van der Waals surface area contributed by atoms with Crippen molar-refractivity contribution in [2.75, 3.05) is 6.61 Å². The molecule has 0 aromatic rings. The van der Waals surface area contributed by atoms with Crippen molar-refractivity contribution in [3.63, 3.8) is 0 Å². The van der Waals surface area contributed by atoms with Gasteiger partial charge in [-0.05, 0) is 33.6 Å². The van der Waals surface area contributed by atoms with Gasteiger partial charge in [0.15, 0.2) is 0 Å². The van der Waals surface area contributed by atoms with Gasteiger partial charge >= 0.3 is 12.1 Å². The maximum atomic E-state index is 13.5. The molecule has 144 valence electrons. The minimum absolute atomic E-state index is 0.0505. The molecular weight excluding hydrogens is 343 g/mol. The van der Waals surface area contributed by atoms with E-state index in [1.165, 1.54) is 0 Å². The van der Waals surface area contributed by atoms with E-state index in [0.717, 1.165) is 12.8 Å². The molecule has 0 aromatic carbocycles. The van der Waals surface area contributed by atoms with Crippen LogP contribution in [0.3, 0.4) is 0 Å². The van der Waals surface area contributed by atoms with E-state index in [2.05, 4.69) is 4.72 Å². The lowest BCUT2D eigenvalue weighted by Gasteiger charge is -2.30. The van der Waals surface area contributed by atoms with Crippen LogP contribution in [0.15, 0.2) is 0 Å². The van der Waals surface area contributed by atoms with Crippen LogP contribution in [-0.4, -0.2) is 33.8 Å². The Balaban J connectivity index is 5.38. The zero-order valence-electron chi connectivity index (χ0n) is 15.2. The third kappa shape index (κ3) is 8.46. The van der Waals surface area contributed by atoms with E-state index in [0.29, 0.717) is 12.8 Å². The number of hydrogen-bond acceptors (Lipinski definition) is 3. The van der Waals surface area contributed by atoms with Crippen LogP contribution in [0.25, 0.3) is 0 Å². The number of alkyl halides is 3. The molecule has 3 atom stereocenters. The first-order chi connectivity index (χ1) is 10.9. The highest BCUT2D eigenvalue weighted by Crippen LogP contribution is 2.31. The smallest absolute Gasteiger partial charge is 0.405 e. The van der Waals surface area contributed by atoms with E-state index < -0.39 is 39.8 Å². The first kappa shape index (κ1) is 23.4.